The van der Waals surface area contributed by atoms with Crippen molar-refractivity contribution in [3.8, 4) is 5.75 Å². The van der Waals surface area contributed by atoms with E-state index in [0.717, 1.165) is 9.78 Å². The fraction of sp³-hybridized carbons (Fsp3) is 0.294. The van der Waals surface area contributed by atoms with Crippen molar-refractivity contribution >= 4 is 23.3 Å². The molecule has 2 N–H and O–H groups in total. The fourth-order valence-electron chi connectivity index (χ4n) is 2.57. The van der Waals surface area contributed by atoms with Crippen molar-refractivity contribution in [1.82, 2.24) is 10.2 Å². The molecule has 0 bridgehead atoms. The normalized spacial score (nSPS) is 21.7. The van der Waals surface area contributed by atoms with Crippen LogP contribution in [0.3, 0.4) is 0 Å². The molecule has 1 aromatic carbocycles. The minimum absolute atomic E-state index is 0.00318. The number of nitrogens with one attached hydrogen (secondary N) is 1. The standard InChI is InChI=1S/C17H18N2O4S/c1-17(14-8-5-9-24-14)15(21)19(16(22)18-17)10-12(20)11-23-13-6-3-2-4-7-13/h2-9,12,20H,10-11H2,1H3,(H,18,22). The van der Waals surface area contributed by atoms with Crippen LogP contribution in [0.2, 0.25) is 0 Å². The largest absolute Gasteiger partial charge is 0.491 e. The second kappa shape index (κ2) is 6.62. The number of nitrogens with zero attached hydrogens (tertiary/aromatic N) is 1. The Morgan fingerprint density at radius 3 is 2.67 bits per heavy atom. The third-order valence-corrected chi connectivity index (χ3v) is 4.96. The van der Waals surface area contributed by atoms with Gasteiger partial charge in [-0.1, -0.05) is 24.3 Å². The van der Waals surface area contributed by atoms with Gasteiger partial charge in [-0.05, 0) is 30.5 Å². The van der Waals surface area contributed by atoms with Gasteiger partial charge < -0.3 is 15.2 Å². The number of β-amino-alcohol motifs (C(OH)–C–C–N with tert-alkyl or cyclic N) is 1. The van der Waals surface area contributed by atoms with Crippen molar-refractivity contribution in [2.75, 3.05) is 13.2 Å². The highest BCUT2D eigenvalue weighted by molar-refractivity contribution is 7.10. The number of imide groups is 1. The summed E-state index contributed by atoms with van der Waals surface area (Å²) < 4.78 is 5.46. The Balaban J connectivity index is 1.62. The number of rotatable bonds is 6. The monoisotopic (exact) mass is 346 g/mol. The smallest absolute Gasteiger partial charge is 0.325 e. The molecular formula is C17H18N2O4S. The molecule has 6 nitrogen and oxygen atoms in total. The Labute approximate surface area is 143 Å². The summed E-state index contributed by atoms with van der Waals surface area (Å²) in [5.74, 6) is 0.255. The summed E-state index contributed by atoms with van der Waals surface area (Å²) >= 11 is 1.40. The van der Waals surface area contributed by atoms with Crippen molar-refractivity contribution in [3.63, 3.8) is 0 Å². The van der Waals surface area contributed by atoms with E-state index in [1.54, 1.807) is 25.1 Å². The molecule has 3 rings (SSSR count). The molecule has 24 heavy (non-hydrogen) atoms. The van der Waals surface area contributed by atoms with Crippen LogP contribution in [0.4, 0.5) is 4.79 Å². The molecule has 2 unspecified atom stereocenters. The van der Waals surface area contributed by atoms with Gasteiger partial charge in [-0.25, -0.2) is 4.79 Å². The van der Waals surface area contributed by atoms with Crippen LogP contribution in [0.15, 0.2) is 47.8 Å². The average Bonchev–Trinajstić information content (AvgIpc) is 3.19. The minimum Gasteiger partial charge on any atom is -0.491 e. The Morgan fingerprint density at radius 1 is 1.25 bits per heavy atom. The molecule has 2 aromatic rings. The van der Waals surface area contributed by atoms with E-state index in [4.69, 9.17) is 4.74 Å². The zero-order valence-corrected chi connectivity index (χ0v) is 14.0. The van der Waals surface area contributed by atoms with E-state index >= 15 is 0 Å². The number of benzene rings is 1. The number of aliphatic hydroxyl groups is 1. The van der Waals surface area contributed by atoms with E-state index in [1.807, 2.05) is 29.6 Å². The van der Waals surface area contributed by atoms with Gasteiger partial charge in [-0.2, -0.15) is 0 Å². The number of hydrogen-bond donors (Lipinski definition) is 2. The van der Waals surface area contributed by atoms with Gasteiger partial charge in [-0.15, -0.1) is 11.3 Å². The number of carbonyl (C=O) groups excluding carboxylic acids is 2. The summed E-state index contributed by atoms with van der Waals surface area (Å²) in [4.78, 5) is 26.6. The van der Waals surface area contributed by atoms with Crippen LogP contribution < -0.4 is 10.1 Å². The van der Waals surface area contributed by atoms with Crippen LogP contribution in [0.5, 0.6) is 5.75 Å². The molecule has 0 spiro atoms. The van der Waals surface area contributed by atoms with E-state index in [9.17, 15) is 14.7 Å². The van der Waals surface area contributed by atoms with Crippen LogP contribution in [-0.4, -0.2) is 41.2 Å². The minimum atomic E-state index is -1.08. The zero-order valence-electron chi connectivity index (χ0n) is 13.1. The summed E-state index contributed by atoms with van der Waals surface area (Å²) in [5.41, 5.74) is -1.08. The zero-order chi connectivity index (χ0) is 17.2. The van der Waals surface area contributed by atoms with Gasteiger partial charge in [0.2, 0.25) is 0 Å². The number of aliphatic hydroxyl groups excluding tert-OH is 1. The van der Waals surface area contributed by atoms with Gasteiger partial charge in [-0.3, -0.25) is 9.69 Å². The van der Waals surface area contributed by atoms with E-state index < -0.39 is 17.7 Å². The van der Waals surface area contributed by atoms with Crippen LogP contribution >= 0.6 is 11.3 Å². The maximum Gasteiger partial charge on any atom is 0.325 e. The highest BCUT2D eigenvalue weighted by atomic mass is 32.1. The molecule has 1 aromatic heterocycles. The molecule has 1 fully saturated rings. The lowest BCUT2D eigenvalue weighted by Gasteiger charge is -2.21. The van der Waals surface area contributed by atoms with E-state index in [0.29, 0.717) is 5.75 Å². The first-order chi connectivity index (χ1) is 11.5. The maximum atomic E-state index is 12.6. The third kappa shape index (κ3) is 3.13. The molecule has 1 saturated heterocycles. The summed E-state index contributed by atoms with van der Waals surface area (Å²) in [6.45, 7) is 1.56. The first-order valence-electron chi connectivity index (χ1n) is 7.55. The molecule has 3 amide bonds. The molecule has 1 aliphatic rings. The lowest BCUT2D eigenvalue weighted by atomic mass is 10.0. The average molecular weight is 346 g/mol. The van der Waals surface area contributed by atoms with E-state index in [1.165, 1.54) is 11.3 Å². The number of hydrogen-bond acceptors (Lipinski definition) is 5. The lowest BCUT2D eigenvalue weighted by Crippen LogP contribution is -2.42. The summed E-state index contributed by atoms with van der Waals surface area (Å²) in [6, 6.07) is 12.2. The van der Waals surface area contributed by atoms with Crippen LogP contribution in [-0.2, 0) is 10.3 Å². The van der Waals surface area contributed by atoms with Crippen molar-refractivity contribution in [2.24, 2.45) is 0 Å². The molecule has 126 valence electrons. The van der Waals surface area contributed by atoms with Gasteiger partial charge in [0.05, 0.1) is 6.54 Å². The van der Waals surface area contributed by atoms with E-state index in [2.05, 4.69) is 5.32 Å². The number of carbonyl (C=O) groups is 2. The predicted octanol–water partition coefficient (Wildman–Crippen LogP) is 1.96. The quantitative estimate of drug-likeness (QED) is 0.784. The van der Waals surface area contributed by atoms with Crippen molar-refractivity contribution in [3.05, 3.63) is 52.7 Å². The summed E-state index contributed by atoms with van der Waals surface area (Å²) in [6.07, 6.45) is -0.967. The first-order valence-corrected chi connectivity index (χ1v) is 8.42. The van der Waals surface area contributed by atoms with Gasteiger partial charge in [0.1, 0.15) is 18.5 Å². The lowest BCUT2D eigenvalue weighted by molar-refractivity contribution is -0.132. The molecule has 0 aliphatic carbocycles. The second-order valence-corrected chi connectivity index (χ2v) is 6.67. The van der Waals surface area contributed by atoms with Crippen LogP contribution in [0.1, 0.15) is 11.8 Å². The summed E-state index contributed by atoms with van der Waals surface area (Å²) in [5, 5.41) is 14.7. The number of ether oxygens (including phenoxy) is 1. The van der Waals surface area contributed by atoms with Crippen molar-refractivity contribution in [1.29, 1.82) is 0 Å². The first kappa shape index (κ1) is 16.5. The van der Waals surface area contributed by atoms with Gasteiger partial charge >= 0.3 is 6.03 Å². The van der Waals surface area contributed by atoms with Crippen molar-refractivity contribution in [2.45, 2.75) is 18.6 Å². The number of para-hydroxylation sites is 1. The molecule has 0 radical (unpaired) electrons. The van der Waals surface area contributed by atoms with Gasteiger partial charge in [0.15, 0.2) is 5.54 Å². The Kier molecular flexibility index (Phi) is 4.55. The Hall–Kier alpha value is -2.38. The highest BCUT2D eigenvalue weighted by Gasteiger charge is 2.49. The predicted molar refractivity (Wildman–Crippen MR) is 89.9 cm³/mol. The number of thiophene rings is 1. The topological polar surface area (TPSA) is 78.9 Å². The number of amides is 3. The molecule has 0 saturated carbocycles. The van der Waals surface area contributed by atoms with E-state index in [-0.39, 0.29) is 19.1 Å². The molecule has 1 aliphatic heterocycles. The summed E-state index contributed by atoms with van der Waals surface area (Å²) in [7, 11) is 0. The molecule has 2 atom stereocenters. The third-order valence-electron chi connectivity index (χ3n) is 3.87. The molecule has 7 heteroatoms. The van der Waals surface area contributed by atoms with Gasteiger partial charge in [0, 0.05) is 4.88 Å². The Morgan fingerprint density at radius 2 is 2.00 bits per heavy atom. The number of urea groups is 1. The fourth-order valence-corrected chi connectivity index (χ4v) is 3.40. The van der Waals surface area contributed by atoms with Crippen molar-refractivity contribution < 1.29 is 19.4 Å². The highest BCUT2D eigenvalue weighted by Crippen LogP contribution is 2.31. The second-order valence-electron chi connectivity index (χ2n) is 5.73. The van der Waals surface area contributed by atoms with Gasteiger partial charge in [0.25, 0.3) is 5.91 Å². The van der Waals surface area contributed by atoms with Crippen LogP contribution in [0, 0.1) is 0 Å². The Bertz CT molecular complexity index is 719. The van der Waals surface area contributed by atoms with Crippen LogP contribution in [0.25, 0.3) is 0 Å². The molecular weight excluding hydrogens is 328 g/mol. The maximum absolute atomic E-state index is 12.6. The SMILES string of the molecule is CC1(c2cccs2)NC(=O)N(CC(O)COc2ccccc2)C1=O. The molecule has 2 heterocycles.